The van der Waals surface area contributed by atoms with Crippen molar-refractivity contribution in [1.82, 2.24) is 5.32 Å². The lowest BCUT2D eigenvalue weighted by molar-refractivity contribution is 0.0867. The van der Waals surface area contributed by atoms with Gasteiger partial charge in [-0.1, -0.05) is 13.0 Å². The zero-order chi connectivity index (χ0) is 14.5. The summed E-state index contributed by atoms with van der Waals surface area (Å²) in [7, 11) is 1.57. The van der Waals surface area contributed by atoms with E-state index in [1.807, 2.05) is 6.92 Å². The molecule has 4 heteroatoms. The summed E-state index contributed by atoms with van der Waals surface area (Å²) in [6.45, 7) is 5.80. The Morgan fingerprint density at radius 2 is 2.30 bits per heavy atom. The van der Waals surface area contributed by atoms with Gasteiger partial charge in [-0.25, -0.2) is 4.39 Å². The van der Waals surface area contributed by atoms with Gasteiger partial charge in [0.2, 0.25) is 0 Å². The maximum absolute atomic E-state index is 14.0. The van der Waals surface area contributed by atoms with Crippen LogP contribution in [-0.4, -0.2) is 26.4 Å². The van der Waals surface area contributed by atoms with Crippen molar-refractivity contribution >= 4 is 0 Å². The second kappa shape index (κ2) is 7.04. The maximum Gasteiger partial charge on any atom is 0.131 e. The van der Waals surface area contributed by atoms with Gasteiger partial charge in [0, 0.05) is 24.8 Å². The number of benzene rings is 1. The van der Waals surface area contributed by atoms with E-state index in [0.717, 1.165) is 26.0 Å². The van der Waals surface area contributed by atoms with Crippen LogP contribution in [0.25, 0.3) is 0 Å². The molecular formula is C16H24FNO2. The molecular weight excluding hydrogens is 257 g/mol. The number of nitrogens with one attached hydrogen (secondary N) is 1. The number of hydrogen-bond donors (Lipinski definition) is 1. The summed E-state index contributed by atoms with van der Waals surface area (Å²) >= 11 is 0. The predicted octanol–water partition coefficient (Wildman–Crippen LogP) is 3.30. The van der Waals surface area contributed by atoms with Crippen molar-refractivity contribution < 1.29 is 13.9 Å². The molecule has 20 heavy (non-hydrogen) atoms. The lowest BCUT2D eigenvalue weighted by atomic mass is 9.98. The first-order chi connectivity index (χ1) is 9.67. The minimum Gasteiger partial charge on any atom is -0.496 e. The highest BCUT2D eigenvalue weighted by molar-refractivity contribution is 5.36. The van der Waals surface area contributed by atoms with Crippen molar-refractivity contribution in [1.29, 1.82) is 0 Å². The van der Waals surface area contributed by atoms with Gasteiger partial charge in [0.1, 0.15) is 11.6 Å². The molecule has 1 fully saturated rings. The molecule has 1 heterocycles. The van der Waals surface area contributed by atoms with Crippen LogP contribution in [0.4, 0.5) is 4.39 Å². The Balaban J connectivity index is 2.00. The van der Waals surface area contributed by atoms with E-state index < -0.39 is 0 Å². The minimum atomic E-state index is -0.223. The van der Waals surface area contributed by atoms with Gasteiger partial charge < -0.3 is 14.8 Å². The first kappa shape index (κ1) is 15.3. The van der Waals surface area contributed by atoms with Crippen LogP contribution in [0.5, 0.6) is 5.75 Å². The van der Waals surface area contributed by atoms with E-state index in [0.29, 0.717) is 23.3 Å². The normalized spacial score (nSPS) is 23.8. The van der Waals surface area contributed by atoms with Crippen molar-refractivity contribution in [2.45, 2.75) is 38.8 Å². The van der Waals surface area contributed by atoms with Crippen molar-refractivity contribution in [3.05, 3.63) is 29.6 Å². The molecule has 3 nitrogen and oxygen atoms in total. The van der Waals surface area contributed by atoms with Gasteiger partial charge in [-0.15, -0.1) is 0 Å². The highest BCUT2D eigenvalue weighted by atomic mass is 19.1. The number of halogens is 1. The van der Waals surface area contributed by atoms with Gasteiger partial charge in [-0.3, -0.25) is 0 Å². The molecule has 3 unspecified atom stereocenters. The van der Waals surface area contributed by atoms with Crippen LogP contribution in [0.1, 0.15) is 38.3 Å². The molecule has 1 aromatic carbocycles. The molecule has 1 N–H and O–H groups in total. The number of rotatable bonds is 6. The molecule has 112 valence electrons. The molecule has 0 radical (unpaired) electrons. The third-order valence-corrected chi connectivity index (χ3v) is 4.10. The van der Waals surface area contributed by atoms with Crippen molar-refractivity contribution in [2.24, 2.45) is 5.92 Å². The second-order valence-corrected chi connectivity index (χ2v) is 5.35. The summed E-state index contributed by atoms with van der Waals surface area (Å²) in [4.78, 5) is 0. The Hall–Kier alpha value is -1.13. The standard InChI is InChI=1S/C16H24FNO2/c1-4-14-12(8-9-20-14)10-18-11(2)16-13(17)6-5-7-15(16)19-3/h5-7,11-12,14,18H,4,8-10H2,1-3H3. The molecule has 0 bridgehead atoms. The fraction of sp³-hybridized carbons (Fsp3) is 0.625. The van der Waals surface area contributed by atoms with E-state index in [1.165, 1.54) is 6.07 Å². The molecule has 0 spiro atoms. The minimum absolute atomic E-state index is 0.0794. The van der Waals surface area contributed by atoms with Crippen LogP contribution in [0.3, 0.4) is 0 Å². The van der Waals surface area contributed by atoms with Crippen LogP contribution < -0.4 is 10.1 Å². The Bertz CT molecular complexity index is 438. The number of hydrogen-bond acceptors (Lipinski definition) is 3. The zero-order valence-corrected chi connectivity index (χ0v) is 12.5. The predicted molar refractivity (Wildman–Crippen MR) is 77.5 cm³/mol. The van der Waals surface area contributed by atoms with E-state index in [-0.39, 0.29) is 11.9 Å². The van der Waals surface area contributed by atoms with E-state index in [4.69, 9.17) is 9.47 Å². The average Bonchev–Trinajstić information content (AvgIpc) is 2.91. The quantitative estimate of drug-likeness (QED) is 0.868. The maximum atomic E-state index is 14.0. The number of ether oxygens (including phenoxy) is 2. The van der Waals surface area contributed by atoms with Gasteiger partial charge in [0.25, 0.3) is 0 Å². The SMILES string of the molecule is CCC1OCCC1CNC(C)c1c(F)cccc1OC. The molecule has 1 aliphatic rings. The van der Waals surface area contributed by atoms with E-state index >= 15 is 0 Å². The summed E-state index contributed by atoms with van der Waals surface area (Å²) in [5, 5.41) is 3.42. The lowest BCUT2D eigenvalue weighted by Crippen LogP contribution is -2.30. The molecule has 0 aromatic heterocycles. The summed E-state index contributed by atoms with van der Waals surface area (Å²) in [5.74, 6) is 0.888. The van der Waals surface area contributed by atoms with E-state index in [2.05, 4.69) is 12.2 Å². The van der Waals surface area contributed by atoms with Gasteiger partial charge >= 0.3 is 0 Å². The van der Waals surface area contributed by atoms with E-state index in [1.54, 1.807) is 19.2 Å². The van der Waals surface area contributed by atoms with Gasteiger partial charge in [0.15, 0.2) is 0 Å². The first-order valence-corrected chi connectivity index (χ1v) is 7.34. The van der Waals surface area contributed by atoms with Crippen LogP contribution in [0.2, 0.25) is 0 Å². The largest absolute Gasteiger partial charge is 0.496 e. The van der Waals surface area contributed by atoms with E-state index in [9.17, 15) is 4.39 Å². The fourth-order valence-electron chi connectivity index (χ4n) is 2.92. The van der Waals surface area contributed by atoms with Gasteiger partial charge in [-0.05, 0) is 37.8 Å². The summed E-state index contributed by atoms with van der Waals surface area (Å²) in [5.41, 5.74) is 0.599. The molecule has 0 amide bonds. The second-order valence-electron chi connectivity index (χ2n) is 5.35. The first-order valence-electron chi connectivity index (χ1n) is 7.34. The fourth-order valence-corrected chi connectivity index (χ4v) is 2.92. The topological polar surface area (TPSA) is 30.5 Å². The highest BCUT2D eigenvalue weighted by Crippen LogP contribution is 2.29. The molecule has 1 saturated heterocycles. The van der Waals surface area contributed by atoms with Crippen molar-refractivity contribution in [3.8, 4) is 5.75 Å². The van der Waals surface area contributed by atoms with Crippen molar-refractivity contribution in [3.63, 3.8) is 0 Å². The zero-order valence-electron chi connectivity index (χ0n) is 12.5. The third-order valence-electron chi connectivity index (χ3n) is 4.10. The van der Waals surface area contributed by atoms with Crippen LogP contribution in [-0.2, 0) is 4.74 Å². The van der Waals surface area contributed by atoms with Crippen LogP contribution >= 0.6 is 0 Å². The molecule has 0 saturated carbocycles. The monoisotopic (exact) mass is 281 g/mol. The summed E-state index contributed by atoms with van der Waals surface area (Å²) < 4.78 is 24.9. The Kier molecular flexibility index (Phi) is 5.38. The van der Waals surface area contributed by atoms with Gasteiger partial charge in [-0.2, -0.15) is 0 Å². The smallest absolute Gasteiger partial charge is 0.131 e. The third kappa shape index (κ3) is 3.30. The Morgan fingerprint density at radius 3 is 3.00 bits per heavy atom. The molecule has 3 atom stereocenters. The van der Waals surface area contributed by atoms with Crippen LogP contribution in [0, 0.1) is 11.7 Å². The van der Waals surface area contributed by atoms with Crippen molar-refractivity contribution in [2.75, 3.05) is 20.3 Å². The highest BCUT2D eigenvalue weighted by Gasteiger charge is 2.27. The average molecular weight is 281 g/mol. The molecule has 1 aromatic rings. The summed E-state index contributed by atoms with van der Waals surface area (Å²) in [6, 6.07) is 4.86. The number of methoxy groups -OCH3 is 1. The Labute approximate surface area is 120 Å². The molecule has 2 rings (SSSR count). The summed E-state index contributed by atoms with van der Waals surface area (Å²) in [6.07, 6.45) is 2.44. The molecule has 1 aliphatic heterocycles. The van der Waals surface area contributed by atoms with Gasteiger partial charge in [0.05, 0.1) is 13.2 Å². The molecule has 0 aliphatic carbocycles. The Morgan fingerprint density at radius 1 is 1.50 bits per heavy atom. The van der Waals surface area contributed by atoms with Crippen LogP contribution in [0.15, 0.2) is 18.2 Å². The lowest BCUT2D eigenvalue weighted by Gasteiger charge is -2.22.